The Labute approximate surface area is 176 Å². The molecule has 0 spiro atoms. The Balaban J connectivity index is 1.90. The van der Waals surface area contributed by atoms with Crippen LogP contribution >= 0.6 is 15.9 Å². The van der Waals surface area contributed by atoms with Crippen molar-refractivity contribution in [3.05, 3.63) is 22.7 Å². The molecule has 154 valence electrons. The molecular formula is C18H21BrN6O4. The second-order valence-electron chi connectivity index (χ2n) is 6.87. The van der Waals surface area contributed by atoms with Crippen LogP contribution in [0.1, 0.15) is 6.17 Å². The number of hydrogen-bond acceptors (Lipinski definition) is 7. The highest BCUT2D eigenvalue weighted by atomic mass is 79.9. The van der Waals surface area contributed by atoms with E-state index < -0.39 is 12.2 Å². The van der Waals surface area contributed by atoms with Crippen molar-refractivity contribution in [2.24, 2.45) is 0 Å². The number of aromatic nitrogens is 3. The summed E-state index contributed by atoms with van der Waals surface area (Å²) in [7, 11) is 6.34. The molecule has 3 heterocycles. The van der Waals surface area contributed by atoms with E-state index in [1.807, 2.05) is 27.7 Å². The zero-order valence-corrected chi connectivity index (χ0v) is 18.1. The normalized spacial score (nSPS) is 20.9. The number of rotatable bonds is 5. The van der Waals surface area contributed by atoms with E-state index in [1.165, 1.54) is 7.05 Å². The van der Waals surface area contributed by atoms with Crippen molar-refractivity contribution in [3.63, 3.8) is 0 Å². The summed E-state index contributed by atoms with van der Waals surface area (Å²) >= 11 is 3.48. The van der Waals surface area contributed by atoms with Crippen molar-refractivity contribution >= 4 is 33.8 Å². The van der Waals surface area contributed by atoms with Gasteiger partial charge in [-0.25, -0.2) is 4.79 Å². The lowest BCUT2D eigenvalue weighted by atomic mass is 10.1. The van der Waals surface area contributed by atoms with Crippen molar-refractivity contribution < 1.29 is 19.1 Å². The van der Waals surface area contributed by atoms with Crippen LogP contribution in [0.4, 0.5) is 10.7 Å². The highest BCUT2D eigenvalue weighted by Gasteiger charge is 2.54. The lowest BCUT2D eigenvalue weighted by Gasteiger charge is -2.40. The molecule has 1 saturated heterocycles. The predicted octanol–water partition coefficient (Wildman–Crippen LogP) is 1.57. The van der Waals surface area contributed by atoms with Crippen LogP contribution in [0.2, 0.25) is 0 Å². The minimum atomic E-state index is -0.611. The summed E-state index contributed by atoms with van der Waals surface area (Å²) in [4.78, 5) is 30.2. The summed E-state index contributed by atoms with van der Waals surface area (Å²) in [5.74, 6) is 1.36. The van der Waals surface area contributed by atoms with Crippen LogP contribution in [0.3, 0.4) is 0 Å². The van der Waals surface area contributed by atoms with E-state index in [1.54, 1.807) is 26.2 Å². The van der Waals surface area contributed by atoms with E-state index in [0.29, 0.717) is 36.2 Å². The Morgan fingerprint density at radius 3 is 2.62 bits per heavy atom. The quantitative estimate of drug-likeness (QED) is 0.662. The molecule has 1 aromatic carbocycles. The van der Waals surface area contributed by atoms with Crippen LogP contribution in [-0.2, 0) is 9.53 Å². The lowest BCUT2D eigenvalue weighted by Crippen LogP contribution is -2.61. The Morgan fingerprint density at radius 2 is 1.93 bits per heavy atom. The number of halogens is 1. The number of hydrogen-bond donors (Lipinski definition) is 0. The van der Waals surface area contributed by atoms with Gasteiger partial charge >= 0.3 is 6.03 Å². The van der Waals surface area contributed by atoms with Crippen molar-refractivity contribution in [2.45, 2.75) is 12.2 Å². The first kappa shape index (κ1) is 19.6. The molecule has 10 nitrogen and oxygen atoms in total. The molecule has 11 heteroatoms. The number of carbonyl (C=O) groups excluding carboxylic acids is 2. The molecule has 3 amide bonds. The maximum absolute atomic E-state index is 13.0. The Kier molecular flexibility index (Phi) is 4.95. The summed E-state index contributed by atoms with van der Waals surface area (Å²) in [5, 5.41) is 8.74. The number of fused-ring (bicyclic) bond motifs is 3. The second-order valence-corrected chi connectivity index (χ2v) is 7.79. The van der Waals surface area contributed by atoms with Gasteiger partial charge in [-0.1, -0.05) is 15.9 Å². The molecule has 2 aliphatic rings. The van der Waals surface area contributed by atoms with Gasteiger partial charge in [-0.3, -0.25) is 14.3 Å². The second kappa shape index (κ2) is 7.30. The van der Waals surface area contributed by atoms with Gasteiger partial charge in [0.2, 0.25) is 5.95 Å². The molecule has 1 fully saturated rings. The number of amides is 3. The molecule has 29 heavy (non-hydrogen) atoms. The van der Waals surface area contributed by atoms with Gasteiger partial charge in [0.15, 0.2) is 11.9 Å². The van der Waals surface area contributed by atoms with E-state index in [4.69, 9.17) is 9.47 Å². The van der Waals surface area contributed by atoms with Gasteiger partial charge in [-0.05, 0) is 18.2 Å². The number of ether oxygens (including phenoxy) is 2. The van der Waals surface area contributed by atoms with Crippen molar-refractivity contribution in [3.8, 4) is 17.1 Å². The average Bonchev–Trinajstić information content (AvgIpc) is 3.27. The summed E-state index contributed by atoms with van der Waals surface area (Å²) in [6.45, 7) is 0.841. The third-order valence-corrected chi connectivity index (χ3v) is 5.82. The van der Waals surface area contributed by atoms with Gasteiger partial charge in [0.25, 0.3) is 5.91 Å². The van der Waals surface area contributed by atoms with Gasteiger partial charge in [0.05, 0.1) is 19.3 Å². The summed E-state index contributed by atoms with van der Waals surface area (Å²) in [6.07, 6.45) is -0.577. The van der Waals surface area contributed by atoms with E-state index in [-0.39, 0.29) is 11.9 Å². The molecule has 2 aliphatic heterocycles. The minimum Gasteiger partial charge on any atom is -0.496 e. The Bertz CT molecular complexity index is 979. The standard InChI is InChI=1S/C18H21BrN6O4/c1-22-15-13(16(26)23(2)18(22)27)24(7-8-28-3)17-21-20-14(25(15)17)11-9-10(19)5-6-12(11)29-4/h5-6,9,13,15H,7-8H2,1-4H3. The van der Waals surface area contributed by atoms with Crippen molar-refractivity contribution in [1.29, 1.82) is 0 Å². The molecule has 0 N–H and O–H groups in total. The van der Waals surface area contributed by atoms with Gasteiger partial charge < -0.3 is 19.3 Å². The number of urea groups is 1. The lowest BCUT2D eigenvalue weighted by molar-refractivity contribution is -0.133. The van der Waals surface area contributed by atoms with E-state index in [9.17, 15) is 9.59 Å². The predicted molar refractivity (Wildman–Crippen MR) is 108 cm³/mol. The monoisotopic (exact) mass is 464 g/mol. The third-order valence-electron chi connectivity index (χ3n) is 5.33. The van der Waals surface area contributed by atoms with Gasteiger partial charge in [0, 0.05) is 32.2 Å². The first-order valence-electron chi connectivity index (χ1n) is 8.99. The average molecular weight is 465 g/mol. The topological polar surface area (TPSA) is 93.0 Å². The first-order valence-corrected chi connectivity index (χ1v) is 9.78. The molecule has 2 aromatic rings. The van der Waals surface area contributed by atoms with E-state index >= 15 is 0 Å². The van der Waals surface area contributed by atoms with Gasteiger partial charge in [-0.15, -0.1) is 10.2 Å². The molecular weight excluding hydrogens is 444 g/mol. The SMILES string of the molecule is COCCN1c2nnc(-c3cc(Br)ccc3OC)n2C2C1C(=O)N(C)C(=O)N2C. The molecule has 2 atom stereocenters. The van der Waals surface area contributed by atoms with E-state index in [2.05, 4.69) is 26.1 Å². The zero-order chi connectivity index (χ0) is 20.9. The Hall–Kier alpha value is -2.66. The molecule has 0 aliphatic carbocycles. The summed E-state index contributed by atoms with van der Waals surface area (Å²) in [5.41, 5.74) is 0.709. The van der Waals surface area contributed by atoms with Gasteiger partial charge in [-0.2, -0.15) is 0 Å². The molecule has 0 radical (unpaired) electrons. The number of nitrogens with zero attached hydrogens (tertiary/aromatic N) is 6. The summed E-state index contributed by atoms with van der Waals surface area (Å²) < 4.78 is 13.4. The number of benzene rings is 1. The minimum absolute atomic E-state index is 0.285. The highest BCUT2D eigenvalue weighted by molar-refractivity contribution is 9.10. The van der Waals surface area contributed by atoms with Crippen LogP contribution in [0, 0.1) is 0 Å². The smallest absolute Gasteiger partial charge is 0.327 e. The first-order chi connectivity index (χ1) is 13.9. The summed E-state index contributed by atoms with van der Waals surface area (Å²) in [6, 6.07) is 4.58. The largest absolute Gasteiger partial charge is 0.496 e. The molecule has 4 rings (SSSR count). The zero-order valence-electron chi connectivity index (χ0n) is 16.5. The van der Waals surface area contributed by atoms with Crippen LogP contribution in [0.25, 0.3) is 11.4 Å². The number of methoxy groups -OCH3 is 2. The number of likely N-dealkylation sites (N-methyl/N-ethyl adjacent to an activating group) is 2. The van der Waals surface area contributed by atoms with Crippen LogP contribution < -0.4 is 9.64 Å². The van der Waals surface area contributed by atoms with Crippen LogP contribution in [0.15, 0.2) is 22.7 Å². The fraction of sp³-hybridized carbons (Fsp3) is 0.444. The van der Waals surface area contributed by atoms with Gasteiger partial charge in [0.1, 0.15) is 11.9 Å². The molecule has 1 aromatic heterocycles. The maximum atomic E-state index is 13.0. The van der Waals surface area contributed by atoms with Crippen LogP contribution in [0.5, 0.6) is 5.75 Å². The van der Waals surface area contributed by atoms with Crippen molar-refractivity contribution in [1.82, 2.24) is 24.6 Å². The molecule has 0 saturated carbocycles. The fourth-order valence-corrected chi connectivity index (χ4v) is 4.27. The molecule has 0 bridgehead atoms. The molecule has 2 unspecified atom stereocenters. The van der Waals surface area contributed by atoms with Crippen LogP contribution in [-0.4, -0.2) is 84.0 Å². The van der Waals surface area contributed by atoms with Crippen molar-refractivity contribution in [2.75, 3.05) is 46.4 Å². The van der Waals surface area contributed by atoms with E-state index in [0.717, 1.165) is 9.37 Å². The number of anilines is 1. The maximum Gasteiger partial charge on any atom is 0.327 e. The fourth-order valence-electron chi connectivity index (χ4n) is 3.90. The number of carbonyl (C=O) groups is 2. The highest BCUT2D eigenvalue weighted by Crippen LogP contribution is 2.43. The number of imide groups is 1. The third kappa shape index (κ3) is 2.87. The Morgan fingerprint density at radius 1 is 1.17 bits per heavy atom.